The molecule has 0 spiro atoms. The van der Waals surface area contributed by atoms with Gasteiger partial charge >= 0.3 is 0 Å². The van der Waals surface area contributed by atoms with Crippen LogP contribution in [-0.2, 0) is 6.54 Å². The SMILES string of the molecule is Cc1cc(N)nn1Cc1ccc(Cl)cc1Cl. The highest BCUT2D eigenvalue weighted by Crippen LogP contribution is 2.22. The van der Waals surface area contributed by atoms with E-state index in [1.54, 1.807) is 6.07 Å². The van der Waals surface area contributed by atoms with E-state index in [9.17, 15) is 0 Å². The number of hydrogen-bond acceptors (Lipinski definition) is 2. The summed E-state index contributed by atoms with van der Waals surface area (Å²) in [4.78, 5) is 0. The van der Waals surface area contributed by atoms with Crippen molar-refractivity contribution in [1.82, 2.24) is 9.78 Å². The summed E-state index contributed by atoms with van der Waals surface area (Å²) in [6, 6.07) is 7.25. The first-order valence-electron chi connectivity index (χ1n) is 4.80. The van der Waals surface area contributed by atoms with Crippen molar-refractivity contribution < 1.29 is 0 Å². The van der Waals surface area contributed by atoms with Gasteiger partial charge in [-0.05, 0) is 24.6 Å². The van der Waals surface area contributed by atoms with Crippen LogP contribution >= 0.6 is 23.2 Å². The van der Waals surface area contributed by atoms with Gasteiger partial charge < -0.3 is 5.73 Å². The minimum atomic E-state index is 0.516. The van der Waals surface area contributed by atoms with Crippen LogP contribution in [-0.4, -0.2) is 9.78 Å². The second kappa shape index (κ2) is 4.36. The monoisotopic (exact) mass is 255 g/mol. The van der Waals surface area contributed by atoms with E-state index < -0.39 is 0 Å². The molecular formula is C11H11Cl2N3. The third kappa shape index (κ3) is 2.31. The van der Waals surface area contributed by atoms with Gasteiger partial charge in [0.1, 0.15) is 5.82 Å². The zero-order valence-electron chi connectivity index (χ0n) is 8.74. The lowest BCUT2D eigenvalue weighted by atomic mass is 10.2. The zero-order valence-corrected chi connectivity index (χ0v) is 10.3. The summed E-state index contributed by atoms with van der Waals surface area (Å²) in [5.74, 6) is 0.516. The van der Waals surface area contributed by atoms with Crippen LogP contribution in [0.2, 0.25) is 10.0 Å². The van der Waals surface area contributed by atoms with Crippen molar-refractivity contribution in [2.75, 3.05) is 5.73 Å². The van der Waals surface area contributed by atoms with Gasteiger partial charge in [-0.25, -0.2) is 0 Å². The Kier molecular flexibility index (Phi) is 3.08. The average molecular weight is 256 g/mol. The van der Waals surface area contributed by atoms with Gasteiger partial charge in [-0.2, -0.15) is 5.10 Å². The molecule has 0 aliphatic rings. The Labute approximate surface area is 104 Å². The van der Waals surface area contributed by atoms with Crippen LogP contribution in [0, 0.1) is 6.92 Å². The first-order valence-corrected chi connectivity index (χ1v) is 5.55. The Morgan fingerprint density at radius 1 is 1.31 bits per heavy atom. The number of aryl methyl sites for hydroxylation is 1. The molecule has 0 aliphatic heterocycles. The maximum atomic E-state index is 6.08. The number of aromatic nitrogens is 2. The van der Waals surface area contributed by atoms with Gasteiger partial charge in [0.05, 0.1) is 6.54 Å². The van der Waals surface area contributed by atoms with E-state index in [-0.39, 0.29) is 0 Å². The standard InChI is InChI=1S/C11H11Cl2N3/c1-7-4-11(14)15-16(7)6-8-2-3-9(12)5-10(8)13/h2-5H,6H2,1H3,(H2,14,15). The molecule has 0 amide bonds. The van der Waals surface area contributed by atoms with Crippen molar-refractivity contribution >= 4 is 29.0 Å². The Balaban J connectivity index is 2.30. The molecule has 2 rings (SSSR count). The second-order valence-corrected chi connectivity index (χ2v) is 4.45. The molecule has 5 heteroatoms. The second-order valence-electron chi connectivity index (χ2n) is 3.60. The van der Waals surface area contributed by atoms with E-state index in [1.165, 1.54) is 0 Å². The lowest BCUT2D eigenvalue weighted by molar-refractivity contribution is 0.668. The molecule has 0 atom stereocenters. The summed E-state index contributed by atoms with van der Waals surface area (Å²) in [6.45, 7) is 2.55. The van der Waals surface area contributed by atoms with Crippen LogP contribution in [0.15, 0.2) is 24.3 Å². The molecule has 1 aromatic carbocycles. The van der Waals surface area contributed by atoms with Crippen molar-refractivity contribution in [3.63, 3.8) is 0 Å². The van der Waals surface area contributed by atoms with Gasteiger partial charge in [0.15, 0.2) is 0 Å². The Bertz CT molecular complexity index is 520. The van der Waals surface area contributed by atoms with Gasteiger partial charge in [-0.3, -0.25) is 4.68 Å². The molecule has 0 radical (unpaired) electrons. The smallest absolute Gasteiger partial charge is 0.145 e. The van der Waals surface area contributed by atoms with Crippen LogP contribution in [0.1, 0.15) is 11.3 Å². The number of benzene rings is 1. The number of nitrogen functional groups attached to an aromatic ring is 1. The van der Waals surface area contributed by atoms with E-state index >= 15 is 0 Å². The fourth-order valence-corrected chi connectivity index (χ4v) is 1.98. The number of nitrogens with zero attached hydrogens (tertiary/aromatic N) is 2. The minimum Gasteiger partial charge on any atom is -0.382 e. The number of nitrogens with two attached hydrogens (primary N) is 1. The third-order valence-electron chi connectivity index (χ3n) is 2.34. The highest BCUT2D eigenvalue weighted by molar-refractivity contribution is 6.35. The first kappa shape index (κ1) is 11.3. The Hall–Kier alpha value is -1.19. The molecular weight excluding hydrogens is 245 g/mol. The molecule has 3 nitrogen and oxygen atoms in total. The normalized spacial score (nSPS) is 10.7. The summed E-state index contributed by atoms with van der Waals surface area (Å²) < 4.78 is 1.81. The van der Waals surface area contributed by atoms with E-state index in [1.807, 2.05) is 29.8 Å². The van der Waals surface area contributed by atoms with Crippen LogP contribution in [0.4, 0.5) is 5.82 Å². The number of rotatable bonds is 2. The minimum absolute atomic E-state index is 0.516. The average Bonchev–Trinajstić information content (AvgIpc) is 2.50. The summed E-state index contributed by atoms with van der Waals surface area (Å²) in [7, 11) is 0. The van der Waals surface area contributed by atoms with E-state index in [0.717, 1.165) is 11.3 Å². The lowest BCUT2D eigenvalue weighted by Crippen LogP contribution is -2.04. The van der Waals surface area contributed by atoms with E-state index in [0.29, 0.717) is 22.4 Å². The molecule has 2 aromatic rings. The van der Waals surface area contributed by atoms with Crippen LogP contribution in [0.3, 0.4) is 0 Å². The molecule has 0 saturated carbocycles. The van der Waals surface area contributed by atoms with Gasteiger partial charge in [-0.15, -0.1) is 0 Å². The molecule has 1 heterocycles. The maximum Gasteiger partial charge on any atom is 0.145 e. The molecule has 1 aromatic heterocycles. The molecule has 0 fully saturated rings. The first-order chi connectivity index (χ1) is 7.56. The fourth-order valence-electron chi connectivity index (χ4n) is 1.51. The summed E-state index contributed by atoms with van der Waals surface area (Å²) >= 11 is 11.9. The van der Waals surface area contributed by atoms with Crippen LogP contribution in [0.5, 0.6) is 0 Å². The van der Waals surface area contributed by atoms with Crippen molar-refractivity contribution in [2.45, 2.75) is 13.5 Å². The van der Waals surface area contributed by atoms with Crippen molar-refractivity contribution in [3.05, 3.63) is 45.6 Å². The largest absolute Gasteiger partial charge is 0.382 e. The predicted octanol–water partition coefficient (Wildman–Crippen LogP) is 3.13. The van der Waals surface area contributed by atoms with Crippen molar-refractivity contribution in [2.24, 2.45) is 0 Å². The maximum absolute atomic E-state index is 6.08. The van der Waals surface area contributed by atoms with Crippen molar-refractivity contribution in [3.8, 4) is 0 Å². The lowest BCUT2D eigenvalue weighted by Gasteiger charge is -2.06. The Morgan fingerprint density at radius 2 is 2.06 bits per heavy atom. The van der Waals surface area contributed by atoms with Crippen LogP contribution in [0.25, 0.3) is 0 Å². The van der Waals surface area contributed by atoms with Gasteiger partial charge in [0, 0.05) is 21.8 Å². The predicted molar refractivity (Wildman–Crippen MR) is 66.9 cm³/mol. The summed E-state index contributed by atoms with van der Waals surface area (Å²) in [5.41, 5.74) is 7.58. The molecule has 0 saturated heterocycles. The number of anilines is 1. The quantitative estimate of drug-likeness (QED) is 0.897. The van der Waals surface area contributed by atoms with Gasteiger partial charge in [0.2, 0.25) is 0 Å². The number of hydrogen-bond donors (Lipinski definition) is 1. The highest BCUT2D eigenvalue weighted by Gasteiger charge is 2.05. The van der Waals surface area contributed by atoms with Gasteiger partial charge in [-0.1, -0.05) is 29.3 Å². The summed E-state index contributed by atoms with van der Waals surface area (Å²) in [6.07, 6.45) is 0. The van der Waals surface area contributed by atoms with E-state index in [4.69, 9.17) is 28.9 Å². The fraction of sp³-hybridized carbons (Fsp3) is 0.182. The van der Waals surface area contributed by atoms with E-state index in [2.05, 4.69) is 5.10 Å². The van der Waals surface area contributed by atoms with Crippen LogP contribution < -0.4 is 5.73 Å². The van der Waals surface area contributed by atoms with Gasteiger partial charge in [0.25, 0.3) is 0 Å². The molecule has 0 bridgehead atoms. The molecule has 16 heavy (non-hydrogen) atoms. The molecule has 0 aliphatic carbocycles. The van der Waals surface area contributed by atoms with Crippen molar-refractivity contribution in [1.29, 1.82) is 0 Å². The topological polar surface area (TPSA) is 43.8 Å². The summed E-state index contributed by atoms with van der Waals surface area (Å²) in [5, 5.41) is 5.44. The highest BCUT2D eigenvalue weighted by atomic mass is 35.5. The molecule has 2 N–H and O–H groups in total. The zero-order chi connectivity index (χ0) is 11.7. The molecule has 0 unspecified atom stereocenters. The third-order valence-corrected chi connectivity index (χ3v) is 2.92. The Morgan fingerprint density at radius 3 is 2.62 bits per heavy atom. The number of halogens is 2. The molecule has 84 valence electrons.